The van der Waals surface area contributed by atoms with Crippen molar-refractivity contribution in [2.75, 3.05) is 13.2 Å². The van der Waals surface area contributed by atoms with Gasteiger partial charge in [0.15, 0.2) is 0 Å². The normalized spacial score (nSPS) is 16.4. The van der Waals surface area contributed by atoms with Crippen molar-refractivity contribution in [1.29, 1.82) is 0 Å². The molecular formula is C14H14ClN3O2S. The first kappa shape index (κ1) is 14.3. The third kappa shape index (κ3) is 3.16. The molecule has 1 aliphatic heterocycles. The minimum atomic E-state index is -0.296. The molecule has 110 valence electrons. The number of carbonyl (C=O) groups excluding carboxylic acids is 1. The van der Waals surface area contributed by atoms with Crippen LogP contribution in [-0.2, 0) is 11.2 Å². The third-order valence-electron chi connectivity index (χ3n) is 3.28. The zero-order valence-corrected chi connectivity index (χ0v) is 13.0. The molecule has 2 aromatic rings. The Hall–Kier alpha value is -1.66. The maximum Gasteiger partial charge on any atom is 0.231 e. The Morgan fingerprint density at radius 3 is 3.14 bits per heavy atom. The molecule has 1 unspecified atom stereocenters. The van der Waals surface area contributed by atoms with Gasteiger partial charge in [-0.05, 0) is 25.1 Å². The Kier molecular flexibility index (Phi) is 4.07. The lowest BCUT2D eigenvalue weighted by molar-refractivity contribution is -0.122. The van der Waals surface area contributed by atoms with Crippen LogP contribution in [-0.4, -0.2) is 29.3 Å². The molecule has 0 bridgehead atoms. The van der Waals surface area contributed by atoms with Gasteiger partial charge >= 0.3 is 0 Å². The second-order valence-electron chi connectivity index (χ2n) is 4.80. The second-order valence-corrected chi connectivity index (χ2v) is 6.50. The fraction of sp³-hybridized carbons (Fsp3) is 0.357. The number of hydrogen-bond acceptors (Lipinski definition) is 5. The molecule has 0 saturated carbocycles. The molecule has 0 saturated heterocycles. The molecule has 1 amide bonds. The van der Waals surface area contributed by atoms with Gasteiger partial charge in [0.1, 0.15) is 28.3 Å². The highest BCUT2D eigenvalue weighted by Gasteiger charge is 2.30. The summed E-state index contributed by atoms with van der Waals surface area (Å²) in [5.74, 6) is 0.395. The number of ether oxygens (including phenoxy) is 1. The molecule has 5 nitrogen and oxygen atoms in total. The first-order valence-electron chi connectivity index (χ1n) is 6.62. The highest BCUT2D eigenvalue weighted by atomic mass is 35.5. The first-order chi connectivity index (χ1) is 10.1. The quantitative estimate of drug-likeness (QED) is 0.938. The van der Waals surface area contributed by atoms with E-state index in [-0.39, 0.29) is 11.8 Å². The van der Waals surface area contributed by atoms with Crippen molar-refractivity contribution in [2.24, 2.45) is 0 Å². The maximum atomic E-state index is 12.2. The summed E-state index contributed by atoms with van der Waals surface area (Å²) in [5.41, 5.74) is 0.853. The summed E-state index contributed by atoms with van der Waals surface area (Å²) in [6, 6.07) is 5.36. The van der Waals surface area contributed by atoms with Crippen LogP contribution >= 0.6 is 22.9 Å². The first-order valence-corrected chi connectivity index (χ1v) is 7.82. The number of aromatic nitrogens is 2. The second kappa shape index (κ2) is 5.99. The number of halogens is 1. The SMILES string of the molecule is Cc1nnc(CCNC(=O)C2COc3ccc(Cl)cc32)s1. The number of benzene rings is 1. The lowest BCUT2D eigenvalue weighted by Crippen LogP contribution is -2.31. The van der Waals surface area contributed by atoms with Crippen LogP contribution in [0.3, 0.4) is 0 Å². The number of nitrogens with one attached hydrogen (secondary N) is 1. The molecule has 3 rings (SSSR count). The largest absolute Gasteiger partial charge is 0.492 e. The number of rotatable bonds is 4. The number of nitrogens with zero attached hydrogens (tertiary/aromatic N) is 2. The van der Waals surface area contributed by atoms with Crippen LogP contribution in [0.25, 0.3) is 0 Å². The van der Waals surface area contributed by atoms with E-state index >= 15 is 0 Å². The van der Waals surface area contributed by atoms with Gasteiger partial charge in [0.25, 0.3) is 0 Å². The molecule has 7 heteroatoms. The van der Waals surface area contributed by atoms with Crippen LogP contribution < -0.4 is 10.1 Å². The van der Waals surface area contributed by atoms with Crippen LogP contribution in [0.1, 0.15) is 21.5 Å². The van der Waals surface area contributed by atoms with Gasteiger partial charge in [-0.3, -0.25) is 4.79 Å². The van der Waals surface area contributed by atoms with Gasteiger partial charge in [-0.2, -0.15) is 0 Å². The van der Waals surface area contributed by atoms with Crippen LogP contribution in [0.15, 0.2) is 18.2 Å². The predicted molar refractivity (Wildman–Crippen MR) is 81.0 cm³/mol. The lowest BCUT2D eigenvalue weighted by atomic mass is 10.0. The molecule has 1 atom stereocenters. The van der Waals surface area contributed by atoms with E-state index in [0.717, 1.165) is 21.3 Å². The fourth-order valence-corrected chi connectivity index (χ4v) is 3.15. The molecule has 1 aliphatic rings. The number of aryl methyl sites for hydroxylation is 1. The zero-order valence-electron chi connectivity index (χ0n) is 11.4. The summed E-state index contributed by atoms with van der Waals surface area (Å²) in [7, 11) is 0. The molecule has 0 radical (unpaired) electrons. The summed E-state index contributed by atoms with van der Waals surface area (Å²) in [6.07, 6.45) is 0.688. The van der Waals surface area contributed by atoms with Gasteiger partial charge < -0.3 is 10.1 Å². The summed E-state index contributed by atoms with van der Waals surface area (Å²) >= 11 is 7.53. The predicted octanol–water partition coefficient (Wildman–Crippen LogP) is 2.33. The van der Waals surface area contributed by atoms with Crippen molar-refractivity contribution in [3.8, 4) is 5.75 Å². The van der Waals surface area contributed by atoms with E-state index in [4.69, 9.17) is 16.3 Å². The van der Waals surface area contributed by atoms with Gasteiger partial charge in [0.2, 0.25) is 5.91 Å². The molecule has 0 spiro atoms. The monoisotopic (exact) mass is 323 g/mol. The molecule has 1 aromatic carbocycles. The van der Waals surface area contributed by atoms with E-state index in [1.54, 1.807) is 29.5 Å². The van der Waals surface area contributed by atoms with Crippen molar-refractivity contribution in [1.82, 2.24) is 15.5 Å². The Bertz CT molecular complexity index is 674. The Balaban J connectivity index is 1.58. The zero-order chi connectivity index (χ0) is 14.8. The number of hydrogen-bond donors (Lipinski definition) is 1. The number of fused-ring (bicyclic) bond motifs is 1. The van der Waals surface area contributed by atoms with Gasteiger partial charge in [0.05, 0.1) is 0 Å². The molecular weight excluding hydrogens is 310 g/mol. The van der Waals surface area contributed by atoms with E-state index in [1.807, 2.05) is 6.92 Å². The Labute approximate surface area is 131 Å². The molecule has 21 heavy (non-hydrogen) atoms. The van der Waals surface area contributed by atoms with Crippen molar-refractivity contribution in [3.05, 3.63) is 38.8 Å². The maximum absolute atomic E-state index is 12.2. The third-order valence-corrected chi connectivity index (χ3v) is 4.41. The molecule has 0 aliphatic carbocycles. The topological polar surface area (TPSA) is 64.1 Å². The van der Waals surface area contributed by atoms with Crippen LogP contribution in [0.4, 0.5) is 0 Å². The van der Waals surface area contributed by atoms with Crippen molar-refractivity contribution >= 4 is 28.8 Å². The van der Waals surface area contributed by atoms with Crippen molar-refractivity contribution in [2.45, 2.75) is 19.3 Å². The van der Waals surface area contributed by atoms with Crippen molar-refractivity contribution in [3.63, 3.8) is 0 Å². The van der Waals surface area contributed by atoms with Crippen LogP contribution in [0.2, 0.25) is 5.02 Å². The average Bonchev–Trinajstić information content (AvgIpc) is 3.04. The van der Waals surface area contributed by atoms with E-state index in [9.17, 15) is 4.79 Å². The summed E-state index contributed by atoms with van der Waals surface area (Å²) in [5, 5.41) is 13.4. The molecule has 1 aromatic heterocycles. The van der Waals surface area contributed by atoms with Gasteiger partial charge in [-0.25, -0.2) is 0 Å². The minimum absolute atomic E-state index is 0.0442. The minimum Gasteiger partial charge on any atom is -0.492 e. The van der Waals surface area contributed by atoms with E-state index < -0.39 is 0 Å². The molecule has 1 N–H and O–H groups in total. The highest BCUT2D eigenvalue weighted by Crippen LogP contribution is 2.35. The summed E-state index contributed by atoms with van der Waals surface area (Å²) < 4.78 is 5.52. The molecule has 0 fully saturated rings. The molecule has 2 heterocycles. The Morgan fingerprint density at radius 1 is 1.52 bits per heavy atom. The van der Waals surface area contributed by atoms with Crippen molar-refractivity contribution < 1.29 is 9.53 Å². The van der Waals surface area contributed by atoms with E-state index in [1.165, 1.54) is 0 Å². The lowest BCUT2D eigenvalue weighted by Gasteiger charge is -2.09. The summed E-state index contributed by atoms with van der Waals surface area (Å²) in [6.45, 7) is 2.82. The number of carbonyl (C=O) groups is 1. The smallest absolute Gasteiger partial charge is 0.231 e. The van der Waals surface area contributed by atoms with E-state index in [0.29, 0.717) is 24.6 Å². The highest BCUT2D eigenvalue weighted by molar-refractivity contribution is 7.11. The standard InChI is InChI=1S/C14H14ClN3O2S/c1-8-17-18-13(21-8)4-5-16-14(19)11-7-20-12-3-2-9(15)6-10(11)12/h2-3,6,11H,4-5,7H2,1H3,(H,16,19). The van der Waals surface area contributed by atoms with Crippen LogP contribution in [0.5, 0.6) is 5.75 Å². The van der Waals surface area contributed by atoms with Crippen LogP contribution in [0, 0.1) is 6.92 Å². The van der Waals surface area contributed by atoms with Gasteiger partial charge in [-0.1, -0.05) is 11.6 Å². The van der Waals surface area contributed by atoms with Gasteiger partial charge in [0, 0.05) is 23.6 Å². The van der Waals surface area contributed by atoms with E-state index in [2.05, 4.69) is 15.5 Å². The number of amides is 1. The fourth-order valence-electron chi connectivity index (χ4n) is 2.26. The Morgan fingerprint density at radius 2 is 2.38 bits per heavy atom. The van der Waals surface area contributed by atoms with Gasteiger partial charge in [-0.15, -0.1) is 21.5 Å². The average molecular weight is 324 g/mol. The summed E-state index contributed by atoms with van der Waals surface area (Å²) in [4.78, 5) is 12.2.